The number of nitrogens with zero attached hydrogens (tertiary/aromatic N) is 2. The van der Waals surface area contributed by atoms with E-state index in [-0.39, 0.29) is 24.5 Å². The van der Waals surface area contributed by atoms with E-state index >= 15 is 0 Å². The minimum Gasteiger partial charge on any atom is -0.477 e. The van der Waals surface area contributed by atoms with Crippen molar-refractivity contribution in [1.82, 2.24) is 4.57 Å². The summed E-state index contributed by atoms with van der Waals surface area (Å²) < 4.78 is 1.42. The van der Waals surface area contributed by atoms with Crippen LogP contribution in [0.4, 0.5) is 5.69 Å². The normalized spacial score (nSPS) is 10.7. The zero-order valence-electron chi connectivity index (χ0n) is 9.24. The molecule has 0 saturated heterocycles. The zero-order chi connectivity index (χ0) is 13.3. The average molecular weight is 250 g/mol. The molecule has 0 aliphatic heterocycles. The molecule has 0 radical (unpaired) electrons. The molecule has 18 heavy (non-hydrogen) atoms. The second-order valence-electron chi connectivity index (χ2n) is 3.71. The number of carbonyl (C=O) groups is 1. The van der Waals surface area contributed by atoms with E-state index in [0.717, 1.165) is 0 Å². The van der Waals surface area contributed by atoms with Crippen molar-refractivity contribution in [2.45, 2.75) is 6.54 Å². The van der Waals surface area contributed by atoms with Crippen LogP contribution < -0.4 is 0 Å². The summed E-state index contributed by atoms with van der Waals surface area (Å²) in [5.41, 5.74) is 0.451. The number of fused-ring (bicyclic) bond motifs is 1. The number of nitro benzene ring substituents is 1. The maximum absolute atomic E-state index is 11.0. The second-order valence-corrected chi connectivity index (χ2v) is 3.71. The smallest absolute Gasteiger partial charge is 0.352 e. The molecule has 0 fully saturated rings. The Bertz CT molecular complexity index is 632. The number of nitro groups is 1. The fourth-order valence-corrected chi connectivity index (χ4v) is 1.89. The van der Waals surface area contributed by atoms with E-state index in [1.165, 1.54) is 28.8 Å². The molecule has 2 rings (SSSR count). The number of non-ortho nitro benzene ring substituents is 1. The van der Waals surface area contributed by atoms with Crippen molar-refractivity contribution in [2.75, 3.05) is 6.61 Å². The van der Waals surface area contributed by atoms with E-state index in [1.807, 2.05) is 0 Å². The number of aromatic nitrogens is 1. The number of benzene rings is 1. The molecule has 0 saturated carbocycles. The lowest BCUT2D eigenvalue weighted by Gasteiger charge is -2.05. The molecule has 2 aromatic rings. The summed E-state index contributed by atoms with van der Waals surface area (Å²) in [5, 5.41) is 29.1. The third-order valence-electron chi connectivity index (χ3n) is 2.64. The van der Waals surface area contributed by atoms with Crippen molar-refractivity contribution in [3.63, 3.8) is 0 Å². The lowest BCUT2D eigenvalue weighted by molar-refractivity contribution is -0.384. The number of hydrogen-bond donors (Lipinski definition) is 2. The Morgan fingerprint density at radius 3 is 2.67 bits per heavy atom. The monoisotopic (exact) mass is 250 g/mol. The summed E-state index contributed by atoms with van der Waals surface area (Å²) in [7, 11) is 0. The third-order valence-corrected chi connectivity index (χ3v) is 2.64. The maximum atomic E-state index is 11.0. The number of hydrogen-bond acceptors (Lipinski definition) is 4. The molecule has 2 N–H and O–H groups in total. The molecule has 1 heterocycles. The van der Waals surface area contributed by atoms with E-state index in [1.54, 1.807) is 0 Å². The third kappa shape index (κ3) is 1.91. The molecule has 7 nitrogen and oxygen atoms in total. The molecule has 7 heteroatoms. The summed E-state index contributed by atoms with van der Waals surface area (Å²) in [6.07, 6.45) is 0. The Labute approximate surface area is 101 Å². The minimum atomic E-state index is -1.14. The van der Waals surface area contributed by atoms with Crippen LogP contribution in [-0.2, 0) is 6.54 Å². The highest BCUT2D eigenvalue weighted by atomic mass is 16.6. The minimum absolute atomic E-state index is 0.000419. The molecule has 0 bridgehead atoms. The van der Waals surface area contributed by atoms with Crippen molar-refractivity contribution in [1.29, 1.82) is 0 Å². The topological polar surface area (TPSA) is 106 Å². The molecule has 1 aromatic carbocycles. The fraction of sp³-hybridized carbons (Fsp3) is 0.182. The Balaban J connectivity index is 2.67. The van der Waals surface area contributed by atoms with Gasteiger partial charge < -0.3 is 14.8 Å². The van der Waals surface area contributed by atoms with E-state index in [9.17, 15) is 14.9 Å². The molecular formula is C11H10N2O5. The SMILES string of the molecule is O=C(O)c1cc2cc([N+](=O)[O-])ccc2n1CCO. The Morgan fingerprint density at radius 1 is 1.39 bits per heavy atom. The molecule has 0 unspecified atom stereocenters. The quantitative estimate of drug-likeness (QED) is 0.627. The predicted molar refractivity (Wildman–Crippen MR) is 62.6 cm³/mol. The van der Waals surface area contributed by atoms with Gasteiger partial charge in [0.05, 0.1) is 11.5 Å². The van der Waals surface area contributed by atoms with Crippen LogP contribution in [0.3, 0.4) is 0 Å². The van der Waals surface area contributed by atoms with Gasteiger partial charge in [0, 0.05) is 29.6 Å². The number of carboxylic acid groups (broad SMARTS) is 1. The van der Waals surface area contributed by atoms with Crippen LogP contribution in [-0.4, -0.2) is 32.3 Å². The van der Waals surface area contributed by atoms with Gasteiger partial charge >= 0.3 is 5.97 Å². The Morgan fingerprint density at radius 2 is 2.11 bits per heavy atom. The largest absolute Gasteiger partial charge is 0.477 e. The van der Waals surface area contributed by atoms with Crippen LogP contribution in [0.5, 0.6) is 0 Å². The van der Waals surface area contributed by atoms with Crippen molar-refractivity contribution in [3.8, 4) is 0 Å². The summed E-state index contributed by atoms with van der Waals surface area (Å²) in [6.45, 7) is -0.0794. The van der Waals surface area contributed by atoms with Gasteiger partial charge in [-0.25, -0.2) is 4.79 Å². The highest BCUT2D eigenvalue weighted by Crippen LogP contribution is 2.24. The first kappa shape index (κ1) is 12.1. The van der Waals surface area contributed by atoms with Gasteiger partial charge in [-0.15, -0.1) is 0 Å². The molecule has 1 aromatic heterocycles. The van der Waals surface area contributed by atoms with Crippen molar-refractivity contribution >= 4 is 22.6 Å². The lowest BCUT2D eigenvalue weighted by Crippen LogP contribution is -2.10. The van der Waals surface area contributed by atoms with Crippen LogP contribution in [0.25, 0.3) is 10.9 Å². The molecule has 0 amide bonds. The van der Waals surface area contributed by atoms with E-state index in [4.69, 9.17) is 10.2 Å². The zero-order valence-corrected chi connectivity index (χ0v) is 9.24. The van der Waals surface area contributed by atoms with E-state index < -0.39 is 10.9 Å². The van der Waals surface area contributed by atoms with Gasteiger partial charge in [0.15, 0.2) is 0 Å². The van der Waals surface area contributed by atoms with Crippen LogP contribution in [0, 0.1) is 10.1 Å². The number of carboxylic acids is 1. The van der Waals surface area contributed by atoms with Crippen LogP contribution >= 0.6 is 0 Å². The lowest BCUT2D eigenvalue weighted by atomic mass is 10.2. The van der Waals surface area contributed by atoms with Crippen LogP contribution in [0.1, 0.15) is 10.5 Å². The average Bonchev–Trinajstić information content (AvgIpc) is 2.68. The van der Waals surface area contributed by atoms with E-state index in [0.29, 0.717) is 10.9 Å². The van der Waals surface area contributed by atoms with Crippen LogP contribution in [0.2, 0.25) is 0 Å². The van der Waals surface area contributed by atoms with Crippen molar-refractivity contribution in [3.05, 3.63) is 40.1 Å². The molecule has 0 aliphatic carbocycles. The summed E-state index contributed by atoms with van der Waals surface area (Å²) in [5.74, 6) is -1.14. The summed E-state index contributed by atoms with van der Waals surface area (Å²) in [4.78, 5) is 21.1. The molecular weight excluding hydrogens is 240 g/mol. The molecule has 0 spiro atoms. The predicted octanol–water partition coefficient (Wildman–Crippen LogP) is 1.24. The first-order chi connectivity index (χ1) is 8.54. The second kappa shape index (κ2) is 4.46. The van der Waals surface area contributed by atoms with E-state index in [2.05, 4.69) is 0 Å². The number of aliphatic hydroxyl groups is 1. The molecule has 0 atom stereocenters. The number of aromatic carboxylic acids is 1. The highest BCUT2D eigenvalue weighted by molar-refractivity contribution is 5.95. The summed E-state index contributed by atoms with van der Waals surface area (Å²) >= 11 is 0. The Kier molecular flexibility index (Phi) is 2.99. The van der Waals surface area contributed by atoms with Gasteiger partial charge in [-0.2, -0.15) is 0 Å². The first-order valence-electron chi connectivity index (χ1n) is 5.16. The Hall–Kier alpha value is -2.41. The van der Waals surface area contributed by atoms with Gasteiger partial charge in [-0.1, -0.05) is 0 Å². The van der Waals surface area contributed by atoms with Gasteiger partial charge in [-0.3, -0.25) is 10.1 Å². The van der Waals surface area contributed by atoms with Gasteiger partial charge in [0.25, 0.3) is 5.69 Å². The van der Waals surface area contributed by atoms with Gasteiger partial charge in [-0.05, 0) is 12.1 Å². The number of aliphatic hydroxyl groups excluding tert-OH is 1. The molecule has 94 valence electrons. The van der Waals surface area contributed by atoms with Crippen molar-refractivity contribution < 1.29 is 19.9 Å². The van der Waals surface area contributed by atoms with Crippen molar-refractivity contribution in [2.24, 2.45) is 0 Å². The summed E-state index contributed by atoms with van der Waals surface area (Å²) in [6, 6.07) is 5.47. The number of rotatable bonds is 4. The standard InChI is InChI=1S/C11H10N2O5/c14-4-3-12-9-2-1-8(13(17)18)5-7(9)6-10(12)11(15)16/h1-2,5-6,14H,3-4H2,(H,15,16). The maximum Gasteiger partial charge on any atom is 0.352 e. The molecule has 0 aliphatic rings. The van der Waals surface area contributed by atoms with Crippen LogP contribution in [0.15, 0.2) is 24.3 Å². The highest BCUT2D eigenvalue weighted by Gasteiger charge is 2.16. The van der Waals surface area contributed by atoms with Gasteiger partial charge in [0.2, 0.25) is 0 Å². The fourth-order valence-electron chi connectivity index (χ4n) is 1.89. The first-order valence-corrected chi connectivity index (χ1v) is 5.16. The van der Waals surface area contributed by atoms with Gasteiger partial charge in [0.1, 0.15) is 5.69 Å².